The van der Waals surface area contributed by atoms with Gasteiger partial charge in [-0.1, -0.05) is 58.9 Å². The molecule has 0 unspecified atom stereocenters. The number of nitrogens with zero attached hydrogens (tertiary/aromatic N) is 4. The Bertz CT molecular complexity index is 1210. The van der Waals surface area contributed by atoms with Crippen molar-refractivity contribution in [1.82, 2.24) is 20.4 Å². The normalized spacial score (nSPS) is 12.7. The van der Waals surface area contributed by atoms with Crippen LogP contribution in [0.5, 0.6) is 0 Å². The lowest BCUT2D eigenvalue weighted by Gasteiger charge is -2.21. The second-order valence-corrected chi connectivity index (χ2v) is 7.75. The van der Waals surface area contributed by atoms with Crippen LogP contribution in [0.25, 0.3) is 11.3 Å². The summed E-state index contributed by atoms with van der Waals surface area (Å²) in [5.74, 6) is 0.0352. The number of rotatable bonds is 6. The van der Waals surface area contributed by atoms with Crippen molar-refractivity contribution in [2.24, 2.45) is 5.16 Å². The fourth-order valence-electron chi connectivity index (χ4n) is 3.95. The first-order valence-electron chi connectivity index (χ1n) is 10.2. The maximum atomic E-state index is 9.83. The molecule has 156 valence electrons. The van der Waals surface area contributed by atoms with Crippen LogP contribution in [-0.2, 0) is 0 Å². The molecule has 2 N–H and O–H groups in total. The molecule has 0 spiro atoms. The predicted molar refractivity (Wildman–Crippen MR) is 121 cm³/mol. The Labute approximate surface area is 181 Å². The molecule has 0 saturated carbocycles. The summed E-state index contributed by atoms with van der Waals surface area (Å²) in [5, 5.41) is 24.4. The molecule has 2 heterocycles. The maximum Gasteiger partial charge on any atom is 0.115 e. The molecule has 4 rings (SSSR count). The molecule has 2 aromatic heterocycles. The molecule has 31 heavy (non-hydrogen) atoms. The van der Waals surface area contributed by atoms with Crippen molar-refractivity contribution in [2.75, 3.05) is 0 Å². The minimum atomic E-state index is 0.0352. The van der Waals surface area contributed by atoms with E-state index in [2.05, 4.69) is 74.9 Å². The molecular weight excluding hydrogens is 386 g/mol. The van der Waals surface area contributed by atoms with E-state index in [4.69, 9.17) is 0 Å². The van der Waals surface area contributed by atoms with E-state index < -0.39 is 0 Å². The fraction of sp³-hybridized carbons (Fsp3) is 0.200. The third kappa shape index (κ3) is 4.38. The Hall–Kier alpha value is -3.80. The first-order chi connectivity index (χ1) is 15.1. The topological polar surface area (TPSA) is 87.0 Å². The van der Waals surface area contributed by atoms with Crippen molar-refractivity contribution in [1.29, 1.82) is 0 Å². The lowest BCUT2D eigenvalue weighted by atomic mass is 9.83. The number of pyridine rings is 1. The standard InChI is InChI=1S/C25H25N5O/c1-16-6-4-5-7-22(16)23(15-24(29-31)21-12-13-26-17(2)14-21)19-8-10-20(11-9-19)25-18(3)27-30-28-25/h4-14,23,31H,15H2,1-3H3,(H,27,28,30)/b29-24+/t23-/m1/s1. The van der Waals surface area contributed by atoms with E-state index in [0.29, 0.717) is 12.1 Å². The SMILES string of the molecule is Cc1cc(/C(C[C@H](c2ccc(-c3nn[nH]c3C)cc2)c2ccccc2C)=N/O)ccn1. The van der Waals surface area contributed by atoms with E-state index in [0.717, 1.165) is 33.8 Å². The highest BCUT2D eigenvalue weighted by Gasteiger charge is 2.21. The van der Waals surface area contributed by atoms with Crippen LogP contribution in [0, 0.1) is 20.8 Å². The molecule has 6 heteroatoms. The summed E-state index contributed by atoms with van der Waals surface area (Å²) in [6, 6.07) is 20.5. The van der Waals surface area contributed by atoms with Gasteiger partial charge < -0.3 is 5.21 Å². The molecule has 2 aromatic carbocycles. The van der Waals surface area contributed by atoms with Gasteiger partial charge in [-0.05, 0) is 49.6 Å². The molecule has 6 nitrogen and oxygen atoms in total. The van der Waals surface area contributed by atoms with Crippen LogP contribution in [0.1, 0.15) is 46.0 Å². The Balaban J connectivity index is 1.73. The van der Waals surface area contributed by atoms with Crippen LogP contribution >= 0.6 is 0 Å². The van der Waals surface area contributed by atoms with Gasteiger partial charge in [0, 0.05) is 35.4 Å². The highest BCUT2D eigenvalue weighted by Crippen LogP contribution is 2.33. The summed E-state index contributed by atoms with van der Waals surface area (Å²) >= 11 is 0. The fourth-order valence-corrected chi connectivity index (χ4v) is 3.95. The number of aromatic amines is 1. The number of hydrogen-bond donors (Lipinski definition) is 2. The molecule has 0 aliphatic carbocycles. The summed E-state index contributed by atoms with van der Waals surface area (Å²) in [6.45, 7) is 6.00. The van der Waals surface area contributed by atoms with E-state index >= 15 is 0 Å². The molecular formula is C25H25N5O. The minimum absolute atomic E-state index is 0.0352. The van der Waals surface area contributed by atoms with Crippen LogP contribution in [0.4, 0.5) is 0 Å². The Morgan fingerprint density at radius 2 is 1.81 bits per heavy atom. The number of hydrogen-bond acceptors (Lipinski definition) is 5. The molecule has 0 aliphatic rings. The third-order valence-corrected chi connectivity index (χ3v) is 5.62. The van der Waals surface area contributed by atoms with E-state index in [1.807, 2.05) is 32.0 Å². The van der Waals surface area contributed by atoms with Crippen molar-refractivity contribution in [3.63, 3.8) is 0 Å². The van der Waals surface area contributed by atoms with Crippen LogP contribution in [0.3, 0.4) is 0 Å². The largest absolute Gasteiger partial charge is 0.411 e. The lowest BCUT2D eigenvalue weighted by molar-refractivity contribution is 0.317. The van der Waals surface area contributed by atoms with Crippen molar-refractivity contribution >= 4 is 5.71 Å². The van der Waals surface area contributed by atoms with Gasteiger partial charge in [0.25, 0.3) is 0 Å². The van der Waals surface area contributed by atoms with Gasteiger partial charge in [0.15, 0.2) is 0 Å². The van der Waals surface area contributed by atoms with Crippen LogP contribution in [0.2, 0.25) is 0 Å². The van der Waals surface area contributed by atoms with Crippen molar-refractivity contribution in [2.45, 2.75) is 33.1 Å². The second-order valence-electron chi connectivity index (χ2n) is 7.75. The minimum Gasteiger partial charge on any atom is -0.411 e. The average molecular weight is 412 g/mol. The summed E-state index contributed by atoms with van der Waals surface area (Å²) in [4.78, 5) is 4.26. The highest BCUT2D eigenvalue weighted by atomic mass is 16.4. The van der Waals surface area contributed by atoms with Gasteiger partial charge in [0.1, 0.15) is 5.69 Å². The Morgan fingerprint density at radius 1 is 1.03 bits per heavy atom. The molecule has 0 radical (unpaired) electrons. The number of benzene rings is 2. The molecule has 0 amide bonds. The van der Waals surface area contributed by atoms with Crippen LogP contribution in [-0.4, -0.2) is 31.3 Å². The van der Waals surface area contributed by atoms with Crippen LogP contribution < -0.4 is 0 Å². The molecule has 0 saturated heterocycles. The summed E-state index contributed by atoms with van der Waals surface area (Å²) in [7, 11) is 0. The van der Waals surface area contributed by atoms with Crippen molar-refractivity contribution in [3.8, 4) is 11.3 Å². The van der Waals surface area contributed by atoms with Gasteiger partial charge in [0.2, 0.25) is 0 Å². The zero-order chi connectivity index (χ0) is 21.8. The van der Waals surface area contributed by atoms with Gasteiger partial charge in [-0.3, -0.25) is 10.1 Å². The summed E-state index contributed by atoms with van der Waals surface area (Å²) < 4.78 is 0. The zero-order valence-corrected chi connectivity index (χ0v) is 17.9. The number of H-pyrrole nitrogens is 1. The van der Waals surface area contributed by atoms with Gasteiger partial charge in [0.05, 0.1) is 11.4 Å². The van der Waals surface area contributed by atoms with E-state index in [9.17, 15) is 5.21 Å². The Morgan fingerprint density at radius 3 is 2.45 bits per heavy atom. The van der Waals surface area contributed by atoms with E-state index in [1.165, 1.54) is 11.1 Å². The van der Waals surface area contributed by atoms with Crippen molar-refractivity contribution in [3.05, 3.63) is 101 Å². The smallest absolute Gasteiger partial charge is 0.115 e. The second kappa shape index (κ2) is 8.92. The van der Waals surface area contributed by atoms with Crippen LogP contribution in [0.15, 0.2) is 72.0 Å². The highest BCUT2D eigenvalue weighted by molar-refractivity contribution is 6.01. The number of aromatic nitrogens is 4. The van der Waals surface area contributed by atoms with Gasteiger partial charge >= 0.3 is 0 Å². The quantitative estimate of drug-likeness (QED) is 0.260. The van der Waals surface area contributed by atoms with E-state index in [-0.39, 0.29) is 5.92 Å². The number of nitrogens with one attached hydrogen (secondary N) is 1. The summed E-state index contributed by atoms with van der Waals surface area (Å²) in [5.41, 5.74) is 8.75. The van der Waals surface area contributed by atoms with Gasteiger partial charge in [-0.25, -0.2) is 0 Å². The molecule has 1 atom stereocenters. The maximum absolute atomic E-state index is 9.83. The van der Waals surface area contributed by atoms with Gasteiger partial charge in [-0.2, -0.15) is 0 Å². The average Bonchev–Trinajstić information content (AvgIpc) is 3.21. The molecule has 0 aliphatic heterocycles. The Kier molecular flexibility index (Phi) is 5.89. The molecule has 0 bridgehead atoms. The first-order valence-corrected chi connectivity index (χ1v) is 10.2. The zero-order valence-electron chi connectivity index (χ0n) is 17.9. The summed E-state index contributed by atoms with van der Waals surface area (Å²) in [6.07, 6.45) is 2.31. The molecule has 4 aromatic rings. The van der Waals surface area contributed by atoms with E-state index in [1.54, 1.807) is 6.20 Å². The van der Waals surface area contributed by atoms with Gasteiger partial charge in [-0.15, -0.1) is 5.10 Å². The predicted octanol–water partition coefficient (Wildman–Crippen LogP) is 5.19. The van der Waals surface area contributed by atoms with Crippen molar-refractivity contribution < 1.29 is 5.21 Å². The molecule has 0 fully saturated rings. The number of aryl methyl sites for hydroxylation is 3. The number of oxime groups is 1. The lowest BCUT2D eigenvalue weighted by Crippen LogP contribution is -2.12. The monoisotopic (exact) mass is 411 g/mol. The first kappa shape index (κ1) is 20.5. The third-order valence-electron chi connectivity index (χ3n) is 5.62.